The normalized spacial score (nSPS) is 14.3. The third-order valence-corrected chi connectivity index (χ3v) is 6.29. The van der Waals surface area contributed by atoms with Gasteiger partial charge in [-0.3, -0.25) is 4.79 Å². The maximum absolute atomic E-state index is 13.6. The number of methoxy groups -OCH3 is 1. The van der Waals surface area contributed by atoms with Crippen LogP contribution in [0.2, 0.25) is 0 Å². The summed E-state index contributed by atoms with van der Waals surface area (Å²) >= 11 is 0. The molecule has 0 atom stereocenters. The molecule has 3 aromatic carbocycles. The molecule has 0 spiro atoms. The fourth-order valence-corrected chi connectivity index (χ4v) is 4.40. The van der Waals surface area contributed by atoms with E-state index < -0.39 is 0 Å². The van der Waals surface area contributed by atoms with Gasteiger partial charge in [0.05, 0.1) is 26.0 Å². The van der Waals surface area contributed by atoms with E-state index in [1.54, 1.807) is 16.7 Å². The standard InChI is InChI=1S/C29H30N4O4/c1-21-30-28(31-33(21)25-10-12-26(35-2)13-11-25)29(34)32-14-15-36-16-17-37-27-9-4-3-8-24(27)19-22-6-5-7-23(18-22)20-32/h3-13,18H,14-17,19-20H2,1-2H3. The lowest BCUT2D eigenvalue weighted by Crippen LogP contribution is -2.34. The largest absolute Gasteiger partial charge is 0.497 e. The van der Waals surface area contributed by atoms with Crippen LogP contribution in [0.5, 0.6) is 11.5 Å². The Morgan fingerprint density at radius 1 is 0.946 bits per heavy atom. The van der Waals surface area contributed by atoms with Crippen molar-refractivity contribution in [1.82, 2.24) is 19.7 Å². The van der Waals surface area contributed by atoms with Crippen LogP contribution in [0.4, 0.5) is 0 Å². The Morgan fingerprint density at radius 2 is 1.76 bits per heavy atom. The van der Waals surface area contributed by atoms with Crippen molar-refractivity contribution in [2.45, 2.75) is 19.9 Å². The molecule has 8 heteroatoms. The van der Waals surface area contributed by atoms with Crippen LogP contribution in [0.3, 0.4) is 0 Å². The van der Waals surface area contributed by atoms with E-state index >= 15 is 0 Å². The molecule has 1 aliphatic rings. The molecule has 4 aromatic rings. The summed E-state index contributed by atoms with van der Waals surface area (Å²) in [5.74, 6) is 2.17. The molecule has 2 bridgehead atoms. The number of amides is 1. The Bertz CT molecular complexity index is 1370. The Balaban J connectivity index is 1.40. The minimum absolute atomic E-state index is 0.155. The SMILES string of the molecule is COc1ccc(-n2nc(C(=O)N3CCOCCOc4ccccc4Cc4cccc(c4)C3)nc2C)cc1. The van der Waals surface area contributed by atoms with Gasteiger partial charge in [0.15, 0.2) is 0 Å². The number of para-hydroxylation sites is 1. The van der Waals surface area contributed by atoms with E-state index in [1.807, 2.05) is 61.5 Å². The summed E-state index contributed by atoms with van der Waals surface area (Å²) in [5.41, 5.74) is 4.12. The number of carbonyl (C=O) groups is 1. The zero-order valence-corrected chi connectivity index (χ0v) is 21.1. The number of ether oxygens (including phenoxy) is 3. The van der Waals surface area contributed by atoms with Crippen molar-refractivity contribution in [3.63, 3.8) is 0 Å². The molecule has 0 N–H and O–H groups in total. The Kier molecular flexibility index (Phi) is 7.46. The summed E-state index contributed by atoms with van der Waals surface area (Å²) in [7, 11) is 1.62. The fraction of sp³-hybridized carbons (Fsp3) is 0.276. The number of hydrogen-bond donors (Lipinski definition) is 0. The van der Waals surface area contributed by atoms with Crippen molar-refractivity contribution in [2.24, 2.45) is 0 Å². The van der Waals surface area contributed by atoms with Crippen LogP contribution in [0, 0.1) is 6.92 Å². The van der Waals surface area contributed by atoms with Crippen molar-refractivity contribution in [3.05, 3.63) is 101 Å². The Morgan fingerprint density at radius 3 is 2.59 bits per heavy atom. The highest BCUT2D eigenvalue weighted by atomic mass is 16.5. The maximum atomic E-state index is 13.6. The molecule has 0 radical (unpaired) electrons. The molecule has 1 amide bonds. The smallest absolute Gasteiger partial charge is 0.293 e. The van der Waals surface area contributed by atoms with Gasteiger partial charge in [-0.15, -0.1) is 5.10 Å². The van der Waals surface area contributed by atoms with Crippen molar-refractivity contribution >= 4 is 5.91 Å². The number of carbonyl (C=O) groups excluding carboxylic acids is 1. The average Bonchev–Trinajstić information content (AvgIpc) is 3.31. The number of benzene rings is 3. The van der Waals surface area contributed by atoms with Crippen LogP contribution >= 0.6 is 0 Å². The third kappa shape index (κ3) is 5.81. The molecule has 8 nitrogen and oxygen atoms in total. The van der Waals surface area contributed by atoms with Crippen molar-refractivity contribution in [2.75, 3.05) is 33.5 Å². The van der Waals surface area contributed by atoms with Gasteiger partial charge in [-0.1, -0.05) is 42.5 Å². The van der Waals surface area contributed by atoms with Gasteiger partial charge < -0.3 is 19.1 Å². The zero-order valence-electron chi connectivity index (χ0n) is 21.1. The summed E-state index contributed by atoms with van der Waals surface area (Å²) in [6, 6.07) is 23.8. The van der Waals surface area contributed by atoms with E-state index in [1.165, 1.54) is 0 Å². The van der Waals surface area contributed by atoms with Gasteiger partial charge in [-0.25, -0.2) is 9.67 Å². The van der Waals surface area contributed by atoms with Gasteiger partial charge >= 0.3 is 0 Å². The van der Waals surface area contributed by atoms with Gasteiger partial charge in [0.2, 0.25) is 5.82 Å². The van der Waals surface area contributed by atoms with E-state index in [2.05, 4.69) is 28.3 Å². The first-order valence-corrected chi connectivity index (χ1v) is 12.3. The van der Waals surface area contributed by atoms with Crippen LogP contribution in [0.15, 0.2) is 72.8 Å². The predicted molar refractivity (Wildman–Crippen MR) is 139 cm³/mol. The van der Waals surface area contributed by atoms with E-state index in [0.29, 0.717) is 38.7 Å². The number of hydrogen-bond acceptors (Lipinski definition) is 6. The lowest BCUT2D eigenvalue weighted by Gasteiger charge is -2.22. The Labute approximate surface area is 216 Å². The van der Waals surface area contributed by atoms with E-state index in [9.17, 15) is 4.79 Å². The lowest BCUT2D eigenvalue weighted by molar-refractivity contribution is 0.0562. The number of nitrogens with zero attached hydrogens (tertiary/aromatic N) is 4. The molecule has 0 saturated carbocycles. The van der Waals surface area contributed by atoms with Crippen LogP contribution in [0.1, 0.15) is 33.1 Å². The average molecular weight is 499 g/mol. The van der Waals surface area contributed by atoms with Crippen molar-refractivity contribution in [3.8, 4) is 17.2 Å². The first-order chi connectivity index (χ1) is 18.1. The van der Waals surface area contributed by atoms with E-state index in [0.717, 1.165) is 40.3 Å². The molecule has 5 rings (SSSR count). The number of aromatic nitrogens is 3. The molecule has 1 aliphatic heterocycles. The highest BCUT2D eigenvalue weighted by Gasteiger charge is 2.22. The fourth-order valence-electron chi connectivity index (χ4n) is 4.40. The molecule has 0 unspecified atom stereocenters. The molecule has 1 aromatic heterocycles. The molecular formula is C29H30N4O4. The van der Waals surface area contributed by atoms with E-state index in [4.69, 9.17) is 14.2 Å². The van der Waals surface area contributed by atoms with Crippen LogP contribution in [0.25, 0.3) is 5.69 Å². The lowest BCUT2D eigenvalue weighted by atomic mass is 10.0. The van der Waals surface area contributed by atoms with Crippen LogP contribution in [-0.4, -0.2) is 59.0 Å². The van der Waals surface area contributed by atoms with Crippen LogP contribution < -0.4 is 9.47 Å². The summed E-state index contributed by atoms with van der Waals surface area (Å²) < 4.78 is 18.7. The second-order valence-electron chi connectivity index (χ2n) is 8.88. The topological polar surface area (TPSA) is 78.7 Å². The second kappa shape index (κ2) is 11.3. The monoisotopic (exact) mass is 498 g/mol. The number of rotatable bonds is 3. The summed E-state index contributed by atoms with van der Waals surface area (Å²) in [6.45, 7) is 3.94. The van der Waals surface area contributed by atoms with Gasteiger partial charge in [0.25, 0.3) is 5.91 Å². The summed E-state index contributed by atoms with van der Waals surface area (Å²) in [5, 5.41) is 4.54. The van der Waals surface area contributed by atoms with Crippen molar-refractivity contribution < 1.29 is 19.0 Å². The highest BCUT2D eigenvalue weighted by Crippen LogP contribution is 2.23. The quantitative estimate of drug-likeness (QED) is 0.421. The van der Waals surface area contributed by atoms with Crippen molar-refractivity contribution in [1.29, 1.82) is 0 Å². The van der Waals surface area contributed by atoms with Gasteiger partial charge in [0.1, 0.15) is 23.9 Å². The molecule has 0 saturated heterocycles. The predicted octanol–water partition coefficient (Wildman–Crippen LogP) is 4.23. The number of aryl methyl sites for hydroxylation is 1. The minimum Gasteiger partial charge on any atom is -0.497 e. The molecule has 190 valence electrons. The van der Waals surface area contributed by atoms with Gasteiger partial charge in [-0.2, -0.15) is 0 Å². The molecular weight excluding hydrogens is 468 g/mol. The number of fused-ring (bicyclic) bond motifs is 3. The van der Waals surface area contributed by atoms with Gasteiger partial charge in [-0.05, 0) is 53.9 Å². The highest BCUT2D eigenvalue weighted by molar-refractivity contribution is 5.90. The molecule has 0 aliphatic carbocycles. The summed E-state index contributed by atoms with van der Waals surface area (Å²) in [6.07, 6.45) is 0.742. The summed E-state index contributed by atoms with van der Waals surface area (Å²) in [4.78, 5) is 19.8. The maximum Gasteiger partial charge on any atom is 0.293 e. The molecule has 0 fully saturated rings. The van der Waals surface area contributed by atoms with Gasteiger partial charge in [0, 0.05) is 19.5 Å². The molecule has 37 heavy (non-hydrogen) atoms. The second-order valence-corrected chi connectivity index (χ2v) is 8.88. The first kappa shape index (κ1) is 24.5. The Hall–Kier alpha value is -4.17. The first-order valence-electron chi connectivity index (χ1n) is 12.3. The third-order valence-electron chi connectivity index (χ3n) is 6.29. The molecule has 2 heterocycles. The van der Waals surface area contributed by atoms with E-state index in [-0.39, 0.29) is 11.7 Å². The minimum atomic E-state index is -0.238. The zero-order chi connectivity index (χ0) is 25.6. The van der Waals surface area contributed by atoms with Crippen LogP contribution in [-0.2, 0) is 17.7 Å².